The fourth-order valence-electron chi connectivity index (χ4n) is 3.65. The van der Waals surface area contributed by atoms with Crippen molar-refractivity contribution in [3.63, 3.8) is 0 Å². The quantitative estimate of drug-likeness (QED) is 0.683. The summed E-state index contributed by atoms with van der Waals surface area (Å²) in [5, 5.41) is 9.07. The Balaban J connectivity index is 1.72. The summed E-state index contributed by atoms with van der Waals surface area (Å²) in [4.78, 5) is 15.3. The number of carbonyl (C=O) groups is 1. The van der Waals surface area contributed by atoms with Gasteiger partial charge in [0.15, 0.2) is 11.7 Å². The number of likely N-dealkylation sites (tertiary alicyclic amines) is 1. The zero-order chi connectivity index (χ0) is 19.2. The van der Waals surface area contributed by atoms with Crippen molar-refractivity contribution in [3.8, 4) is 0 Å². The number of carbonyl (C=O) groups excluding carboxylic acids is 1. The lowest BCUT2D eigenvalue weighted by molar-refractivity contribution is -0.173. The van der Waals surface area contributed by atoms with Gasteiger partial charge in [0.2, 0.25) is 0 Å². The second kappa shape index (κ2) is 7.12. The maximum absolute atomic E-state index is 13.7. The summed E-state index contributed by atoms with van der Waals surface area (Å²) >= 11 is 4.74. The molecule has 1 amide bonds. The molecule has 4 rings (SSSR count). The highest BCUT2D eigenvalue weighted by atomic mass is 79.9. The molecule has 1 saturated heterocycles. The number of hydrogen-bond acceptors (Lipinski definition) is 4. The van der Waals surface area contributed by atoms with Gasteiger partial charge in [0.05, 0.1) is 10.5 Å². The van der Waals surface area contributed by atoms with E-state index in [1.165, 1.54) is 11.3 Å². The number of amides is 1. The van der Waals surface area contributed by atoms with Crippen LogP contribution in [0.25, 0.3) is 0 Å². The standard InChI is InChI=1S/C17H18BrF3N4OS/c18-13-14(16(26)24-6-2-1-3-7-24)23-25-12(17(19,20)21)9-10(22-15(13)25)11-5-4-8-27-11/h4-5,8,10,12,22H,1-3,6-7,9H2/t10-,12+/m0/s1. The van der Waals surface area contributed by atoms with Crippen molar-refractivity contribution < 1.29 is 18.0 Å². The number of rotatable bonds is 2. The number of halogens is 4. The number of aromatic nitrogens is 2. The van der Waals surface area contributed by atoms with Gasteiger partial charge in [0.1, 0.15) is 5.82 Å². The fraction of sp³-hybridized carbons (Fsp3) is 0.529. The van der Waals surface area contributed by atoms with Crippen LogP contribution >= 0.6 is 27.3 Å². The number of thiophene rings is 1. The molecular weight excluding hydrogens is 445 g/mol. The van der Waals surface area contributed by atoms with Crippen LogP contribution in [0.2, 0.25) is 0 Å². The van der Waals surface area contributed by atoms with Crippen LogP contribution in [-0.2, 0) is 0 Å². The maximum atomic E-state index is 13.7. The van der Waals surface area contributed by atoms with E-state index < -0.39 is 18.3 Å². The van der Waals surface area contributed by atoms with Gasteiger partial charge in [-0.2, -0.15) is 18.3 Å². The van der Waals surface area contributed by atoms with E-state index in [1.807, 2.05) is 17.5 Å². The van der Waals surface area contributed by atoms with E-state index in [0.717, 1.165) is 28.8 Å². The molecule has 0 aliphatic carbocycles. The average molecular weight is 463 g/mol. The van der Waals surface area contributed by atoms with Gasteiger partial charge in [0.25, 0.3) is 5.91 Å². The van der Waals surface area contributed by atoms with Gasteiger partial charge in [-0.25, -0.2) is 4.68 Å². The van der Waals surface area contributed by atoms with Crippen molar-refractivity contribution in [1.29, 1.82) is 0 Å². The van der Waals surface area contributed by atoms with E-state index >= 15 is 0 Å². The highest BCUT2D eigenvalue weighted by Gasteiger charge is 2.48. The van der Waals surface area contributed by atoms with Crippen LogP contribution in [0, 0.1) is 0 Å². The number of alkyl halides is 3. The summed E-state index contributed by atoms with van der Waals surface area (Å²) in [7, 11) is 0. The highest BCUT2D eigenvalue weighted by Crippen LogP contribution is 2.47. The summed E-state index contributed by atoms with van der Waals surface area (Å²) in [5.74, 6) is -0.110. The van der Waals surface area contributed by atoms with Crippen molar-refractivity contribution in [2.75, 3.05) is 18.4 Å². The molecule has 1 fully saturated rings. The molecule has 0 spiro atoms. The van der Waals surface area contributed by atoms with Crippen LogP contribution < -0.4 is 5.32 Å². The molecule has 10 heteroatoms. The maximum Gasteiger partial charge on any atom is 0.410 e. The molecule has 2 aromatic rings. The molecule has 2 aromatic heterocycles. The molecule has 4 heterocycles. The van der Waals surface area contributed by atoms with Crippen molar-refractivity contribution in [2.24, 2.45) is 0 Å². The zero-order valence-corrected chi connectivity index (χ0v) is 16.7. The van der Waals surface area contributed by atoms with E-state index in [2.05, 4.69) is 26.3 Å². The number of nitrogens with zero attached hydrogens (tertiary/aromatic N) is 3. The molecule has 0 radical (unpaired) electrons. The minimum Gasteiger partial charge on any atom is -0.362 e. The Bertz CT molecular complexity index is 830. The van der Waals surface area contributed by atoms with Crippen LogP contribution in [0.1, 0.15) is 53.1 Å². The molecule has 0 saturated carbocycles. The molecule has 2 aliphatic rings. The molecule has 2 aliphatic heterocycles. The predicted octanol–water partition coefficient (Wildman–Crippen LogP) is 4.99. The first kappa shape index (κ1) is 18.8. The smallest absolute Gasteiger partial charge is 0.362 e. The Hall–Kier alpha value is -1.55. The van der Waals surface area contributed by atoms with E-state index in [1.54, 1.807) is 4.90 Å². The van der Waals surface area contributed by atoms with Crippen molar-refractivity contribution in [2.45, 2.75) is 43.9 Å². The molecule has 27 heavy (non-hydrogen) atoms. The Labute approximate surface area is 166 Å². The summed E-state index contributed by atoms with van der Waals surface area (Å²) in [6, 6.07) is 1.38. The van der Waals surface area contributed by atoms with Crippen molar-refractivity contribution >= 4 is 39.0 Å². The van der Waals surface area contributed by atoms with Crippen LogP contribution in [-0.4, -0.2) is 39.9 Å². The average Bonchev–Trinajstić information content (AvgIpc) is 3.29. The zero-order valence-electron chi connectivity index (χ0n) is 14.3. The number of hydrogen-bond donors (Lipinski definition) is 1. The van der Waals surface area contributed by atoms with Crippen LogP contribution in [0.3, 0.4) is 0 Å². The van der Waals surface area contributed by atoms with Gasteiger partial charge in [0, 0.05) is 24.4 Å². The summed E-state index contributed by atoms with van der Waals surface area (Å²) in [6.45, 7) is 1.23. The minimum absolute atomic E-state index is 0.0421. The van der Waals surface area contributed by atoms with E-state index in [0.29, 0.717) is 17.6 Å². The third-order valence-electron chi connectivity index (χ3n) is 5.03. The van der Waals surface area contributed by atoms with Gasteiger partial charge >= 0.3 is 6.18 Å². The Morgan fingerprint density at radius 2 is 2.04 bits per heavy atom. The van der Waals surface area contributed by atoms with E-state index in [4.69, 9.17) is 0 Å². The number of nitrogens with one attached hydrogen (secondary N) is 1. The molecule has 0 aromatic carbocycles. The predicted molar refractivity (Wildman–Crippen MR) is 100 cm³/mol. The van der Waals surface area contributed by atoms with Gasteiger partial charge in [-0.15, -0.1) is 11.3 Å². The second-order valence-corrected chi connectivity index (χ2v) is 8.59. The molecule has 1 N–H and O–H groups in total. The van der Waals surface area contributed by atoms with E-state index in [-0.39, 0.29) is 23.8 Å². The van der Waals surface area contributed by atoms with Crippen molar-refractivity contribution in [1.82, 2.24) is 14.7 Å². The molecule has 5 nitrogen and oxygen atoms in total. The number of anilines is 1. The van der Waals surface area contributed by atoms with Crippen molar-refractivity contribution in [3.05, 3.63) is 32.6 Å². The third kappa shape index (κ3) is 3.49. The van der Waals surface area contributed by atoms with Gasteiger partial charge in [-0.1, -0.05) is 6.07 Å². The summed E-state index contributed by atoms with van der Waals surface area (Å²) in [6.07, 6.45) is -1.75. The van der Waals surface area contributed by atoms with E-state index in [9.17, 15) is 18.0 Å². The third-order valence-corrected chi connectivity index (χ3v) is 6.77. The molecule has 0 unspecified atom stereocenters. The monoisotopic (exact) mass is 462 g/mol. The van der Waals surface area contributed by atoms with Crippen LogP contribution in [0.5, 0.6) is 0 Å². The highest BCUT2D eigenvalue weighted by molar-refractivity contribution is 9.10. The molecule has 0 bridgehead atoms. The van der Waals surface area contributed by atoms with Crippen LogP contribution in [0.15, 0.2) is 22.0 Å². The SMILES string of the molecule is O=C(c1nn2c(c1Br)N[C@H](c1cccs1)C[C@@H]2C(F)(F)F)N1CCCCC1. The largest absolute Gasteiger partial charge is 0.410 e. The van der Waals surface area contributed by atoms with Gasteiger partial charge < -0.3 is 10.2 Å². The first-order valence-corrected chi connectivity index (χ1v) is 10.5. The van der Waals surface area contributed by atoms with Gasteiger partial charge in [-0.3, -0.25) is 4.79 Å². The minimum atomic E-state index is -4.46. The Morgan fingerprint density at radius 3 is 2.67 bits per heavy atom. The summed E-state index contributed by atoms with van der Waals surface area (Å²) < 4.78 is 42.4. The lowest BCUT2D eigenvalue weighted by Gasteiger charge is -2.33. The Kier molecular flexibility index (Phi) is 4.96. The molecule has 146 valence electrons. The number of fused-ring (bicyclic) bond motifs is 1. The first-order chi connectivity index (χ1) is 12.9. The Morgan fingerprint density at radius 1 is 1.30 bits per heavy atom. The molecular formula is C17H18BrF3N4OS. The fourth-order valence-corrected chi connectivity index (χ4v) is 4.98. The number of piperidine rings is 1. The van der Waals surface area contributed by atoms with Gasteiger partial charge in [-0.05, 0) is 46.6 Å². The van der Waals surface area contributed by atoms with Crippen LogP contribution in [0.4, 0.5) is 19.0 Å². The first-order valence-electron chi connectivity index (χ1n) is 8.80. The molecule has 2 atom stereocenters. The lowest BCUT2D eigenvalue weighted by Crippen LogP contribution is -2.37. The lowest BCUT2D eigenvalue weighted by atomic mass is 10.0. The summed E-state index contributed by atoms with van der Waals surface area (Å²) in [5.41, 5.74) is 0.0421. The topological polar surface area (TPSA) is 50.2 Å². The normalized spacial score (nSPS) is 23.0. The second-order valence-electron chi connectivity index (χ2n) is 6.81.